The molecule has 3 rings (SSSR count). The number of rotatable bonds is 7. The van der Waals surface area contributed by atoms with Crippen LogP contribution in [0.2, 0.25) is 0 Å². The first-order chi connectivity index (χ1) is 14.8. The zero-order valence-electron chi connectivity index (χ0n) is 16.3. The maximum Gasteiger partial charge on any atom is 0.341 e. The van der Waals surface area contributed by atoms with Gasteiger partial charge < -0.3 is 19.7 Å². The van der Waals surface area contributed by atoms with Crippen molar-refractivity contribution in [3.8, 4) is 0 Å². The van der Waals surface area contributed by atoms with Crippen molar-refractivity contribution < 1.29 is 36.3 Å². The quantitative estimate of drug-likeness (QED) is 0.641. The molecule has 0 aliphatic carbocycles. The van der Waals surface area contributed by atoms with Crippen molar-refractivity contribution in [3.05, 3.63) is 54.1 Å². The number of morpholine rings is 1. The molecule has 1 saturated heterocycles. The Morgan fingerprint density at radius 1 is 1.03 bits per heavy atom. The molecule has 0 atom stereocenters. The summed E-state index contributed by atoms with van der Waals surface area (Å²) in [6.45, 7) is 2.33. The van der Waals surface area contributed by atoms with Crippen molar-refractivity contribution in [2.45, 2.75) is 10.7 Å². The van der Waals surface area contributed by atoms with Crippen LogP contribution in [0, 0.1) is 0 Å². The molecule has 166 valence electrons. The van der Waals surface area contributed by atoms with E-state index in [1.807, 2.05) is 12.1 Å². The van der Waals surface area contributed by atoms with Gasteiger partial charge in [-0.25, -0.2) is 13.2 Å². The lowest BCUT2D eigenvalue weighted by Gasteiger charge is -2.28. The van der Waals surface area contributed by atoms with E-state index in [4.69, 9.17) is 9.47 Å². The summed E-state index contributed by atoms with van der Waals surface area (Å²) in [6.07, 6.45) is 0. The molecule has 1 heterocycles. The molecule has 1 fully saturated rings. The Labute approximate surface area is 177 Å². The fourth-order valence-electron chi connectivity index (χ4n) is 2.87. The van der Waals surface area contributed by atoms with E-state index < -0.39 is 39.0 Å². The predicted molar refractivity (Wildman–Crippen MR) is 108 cm³/mol. The average Bonchev–Trinajstić information content (AvgIpc) is 2.78. The van der Waals surface area contributed by atoms with E-state index in [1.54, 1.807) is 12.1 Å². The average molecular weight is 454 g/mol. The zero-order chi connectivity index (χ0) is 22.4. The summed E-state index contributed by atoms with van der Waals surface area (Å²) in [5, 5.41) is 2.60. The SMILES string of the molecule is O=C(COC(=O)c1ccc(S(=O)(=O)C(F)F)cc1)Nc1ccc(N2CCOCC2)cc1. The van der Waals surface area contributed by atoms with Crippen molar-refractivity contribution in [2.75, 3.05) is 43.1 Å². The Hall–Kier alpha value is -3.05. The van der Waals surface area contributed by atoms with Gasteiger partial charge in [0.25, 0.3) is 5.91 Å². The number of sulfone groups is 1. The van der Waals surface area contributed by atoms with Crippen LogP contribution in [0.1, 0.15) is 10.4 Å². The Balaban J connectivity index is 1.50. The van der Waals surface area contributed by atoms with Crippen LogP contribution in [0.5, 0.6) is 0 Å². The number of anilines is 2. The Morgan fingerprint density at radius 2 is 1.65 bits per heavy atom. The van der Waals surface area contributed by atoms with Crippen molar-refractivity contribution in [2.24, 2.45) is 0 Å². The van der Waals surface area contributed by atoms with Gasteiger partial charge in [0, 0.05) is 24.5 Å². The molecule has 0 radical (unpaired) electrons. The molecule has 0 unspecified atom stereocenters. The first-order valence-electron chi connectivity index (χ1n) is 9.29. The monoisotopic (exact) mass is 454 g/mol. The maximum atomic E-state index is 12.5. The second kappa shape index (κ2) is 9.84. The summed E-state index contributed by atoms with van der Waals surface area (Å²) in [7, 11) is -4.75. The number of ether oxygens (including phenoxy) is 2. The van der Waals surface area contributed by atoms with Gasteiger partial charge in [-0.05, 0) is 48.5 Å². The van der Waals surface area contributed by atoms with Crippen LogP contribution >= 0.6 is 0 Å². The van der Waals surface area contributed by atoms with E-state index >= 15 is 0 Å². The number of hydrogen-bond donors (Lipinski definition) is 1. The van der Waals surface area contributed by atoms with E-state index in [0.717, 1.165) is 43.0 Å². The molecule has 1 amide bonds. The highest BCUT2D eigenvalue weighted by molar-refractivity contribution is 7.91. The highest BCUT2D eigenvalue weighted by atomic mass is 32.2. The molecule has 0 spiro atoms. The van der Waals surface area contributed by atoms with E-state index in [-0.39, 0.29) is 5.56 Å². The second-order valence-corrected chi connectivity index (χ2v) is 8.52. The van der Waals surface area contributed by atoms with Crippen LogP contribution in [-0.2, 0) is 24.1 Å². The molecular formula is C20H20F2N2O6S. The van der Waals surface area contributed by atoms with Gasteiger partial charge in [0.2, 0.25) is 9.84 Å². The van der Waals surface area contributed by atoms with Gasteiger partial charge in [-0.2, -0.15) is 8.78 Å². The summed E-state index contributed by atoms with van der Waals surface area (Å²) in [5.74, 6) is -5.01. The van der Waals surface area contributed by atoms with Gasteiger partial charge >= 0.3 is 11.7 Å². The number of hydrogen-bond acceptors (Lipinski definition) is 7. The summed E-state index contributed by atoms with van der Waals surface area (Å²) in [5.41, 5.74) is 1.46. The number of halogens is 2. The summed E-state index contributed by atoms with van der Waals surface area (Å²) in [6, 6.07) is 11.0. The molecule has 31 heavy (non-hydrogen) atoms. The predicted octanol–water partition coefficient (Wildman–Crippen LogP) is 2.32. The highest BCUT2D eigenvalue weighted by Crippen LogP contribution is 2.20. The minimum Gasteiger partial charge on any atom is -0.452 e. The lowest BCUT2D eigenvalue weighted by atomic mass is 10.2. The number of nitrogens with one attached hydrogen (secondary N) is 1. The number of esters is 1. The number of benzene rings is 2. The van der Waals surface area contributed by atoms with Crippen LogP contribution in [0.15, 0.2) is 53.4 Å². The molecule has 1 aliphatic heterocycles. The molecule has 11 heteroatoms. The van der Waals surface area contributed by atoms with E-state index in [1.165, 1.54) is 0 Å². The van der Waals surface area contributed by atoms with Crippen LogP contribution in [0.25, 0.3) is 0 Å². The number of carbonyl (C=O) groups is 2. The zero-order valence-corrected chi connectivity index (χ0v) is 17.1. The van der Waals surface area contributed by atoms with Gasteiger partial charge in [-0.15, -0.1) is 0 Å². The normalized spacial score (nSPS) is 14.4. The highest BCUT2D eigenvalue weighted by Gasteiger charge is 2.26. The second-order valence-electron chi connectivity index (χ2n) is 6.60. The minimum atomic E-state index is -4.75. The smallest absolute Gasteiger partial charge is 0.341 e. The van der Waals surface area contributed by atoms with Crippen molar-refractivity contribution in [1.29, 1.82) is 0 Å². The summed E-state index contributed by atoms with van der Waals surface area (Å²) < 4.78 is 58.0. The van der Waals surface area contributed by atoms with Crippen LogP contribution in [-0.4, -0.2) is 59.0 Å². The fraction of sp³-hybridized carbons (Fsp3) is 0.300. The van der Waals surface area contributed by atoms with Crippen LogP contribution < -0.4 is 10.2 Å². The lowest BCUT2D eigenvalue weighted by molar-refractivity contribution is -0.119. The topological polar surface area (TPSA) is 102 Å². The van der Waals surface area contributed by atoms with Crippen molar-refractivity contribution in [3.63, 3.8) is 0 Å². The van der Waals surface area contributed by atoms with Gasteiger partial charge in [-0.3, -0.25) is 4.79 Å². The molecular weight excluding hydrogens is 434 g/mol. The van der Waals surface area contributed by atoms with Crippen LogP contribution in [0.4, 0.5) is 20.2 Å². The number of carbonyl (C=O) groups excluding carboxylic acids is 2. The Kier molecular flexibility index (Phi) is 7.18. The molecule has 2 aromatic carbocycles. The van der Waals surface area contributed by atoms with Gasteiger partial charge in [-0.1, -0.05) is 0 Å². The van der Waals surface area contributed by atoms with Crippen molar-refractivity contribution >= 4 is 33.1 Å². The standard InChI is InChI=1S/C20H20F2N2O6S/c21-20(22)31(27,28)17-7-1-14(2-8-17)19(26)30-13-18(25)23-15-3-5-16(6-4-15)24-9-11-29-12-10-24/h1-8,20H,9-13H2,(H,23,25). The minimum absolute atomic E-state index is 0.0733. The summed E-state index contributed by atoms with van der Waals surface area (Å²) in [4.78, 5) is 25.6. The van der Waals surface area contributed by atoms with E-state index in [0.29, 0.717) is 18.9 Å². The molecule has 2 aromatic rings. The summed E-state index contributed by atoms with van der Waals surface area (Å²) >= 11 is 0. The van der Waals surface area contributed by atoms with E-state index in [9.17, 15) is 26.8 Å². The Morgan fingerprint density at radius 3 is 2.23 bits per heavy atom. The molecule has 1 aliphatic rings. The number of amides is 1. The van der Waals surface area contributed by atoms with Gasteiger partial charge in [0.15, 0.2) is 6.61 Å². The molecule has 8 nitrogen and oxygen atoms in total. The number of nitrogens with zero attached hydrogens (tertiary/aromatic N) is 1. The molecule has 1 N–H and O–H groups in total. The fourth-order valence-corrected chi connectivity index (χ4v) is 3.59. The lowest BCUT2D eigenvalue weighted by Crippen LogP contribution is -2.36. The molecule has 0 saturated carbocycles. The molecule has 0 aromatic heterocycles. The Bertz CT molecular complexity index is 1020. The third-order valence-electron chi connectivity index (χ3n) is 4.51. The third-order valence-corrected chi connectivity index (χ3v) is 5.91. The maximum absolute atomic E-state index is 12.5. The van der Waals surface area contributed by atoms with Gasteiger partial charge in [0.05, 0.1) is 23.7 Å². The first kappa shape index (κ1) is 22.6. The van der Waals surface area contributed by atoms with Crippen LogP contribution in [0.3, 0.4) is 0 Å². The number of alkyl halides is 2. The largest absolute Gasteiger partial charge is 0.452 e. The third kappa shape index (κ3) is 5.76. The van der Waals surface area contributed by atoms with Gasteiger partial charge in [0.1, 0.15) is 0 Å². The van der Waals surface area contributed by atoms with E-state index in [2.05, 4.69) is 10.2 Å². The molecule has 0 bridgehead atoms. The first-order valence-corrected chi connectivity index (χ1v) is 10.8. The van der Waals surface area contributed by atoms with Crippen molar-refractivity contribution in [1.82, 2.24) is 0 Å².